The first-order valence-electron chi connectivity index (χ1n) is 10.7. The summed E-state index contributed by atoms with van der Waals surface area (Å²) >= 11 is 0. The molecule has 5 heterocycles. The van der Waals surface area contributed by atoms with E-state index in [4.69, 9.17) is 0 Å². The van der Waals surface area contributed by atoms with Gasteiger partial charge < -0.3 is 14.8 Å². The van der Waals surface area contributed by atoms with E-state index in [1.54, 1.807) is 12.4 Å². The van der Waals surface area contributed by atoms with E-state index in [1.165, 1.54) is 41.8 Å². The van der Waals surface area contributed by atoms with Gasteiger partial charge in [-0.15, -0.1) is 0 Å². The van der Waals surface area contributed by atoms with Gasteiger partial charge in [0.1, 0.15) is 12.4 Å². The number of imidazole rings is 1. The fraction of sp³-hybridized carbons (Fsp3) is 0.333. The Morgan fingerprint density at radius 3 is 2.57 bits per heavy atom. The quantitative estimate of drug-likeness (QED) is 0.394. The van der Waals surface area contributed by atoms with Gasteiger partial charge in [0.05, 0.1) is 18.6 Å². The molecular formula is C21H21FN10O3. The number of fused-ring (bicyclic) bond motifs is 1. The zero-order valence-corrected chi connectivity index (χ0v) is 18.9. The van der Waals surface area contributed by atoms with Gasteiger partial charge in [0.2, 0.25) is 11.9 Å². The van der Waals surface area contributed by atoms with Crippen LogP contribution in [-0.4, -0.2) is 64.3 Å². The lowest BCUT2D eigenvalue weighted by Gasteiger charge is -2.37. The Morgan fingerprint density at radius 2 is 1.86 bits per heavy atom. The van der Waals surface area contributed by atoms with E-state index in [0.717, 1.165) is 4.57 Å². The molecule has 0 spiro atoms. The highest BCUT2D eigenvalue weighted by Gasteiger charge is 2.28. The van der Waals surface area contributed by atoms with Crippen molar-refractivity contribution in [2.45, 2.75) is 6.54 Å². The third-order valence-corrected chi connectivity index (χ3v) is 5.81. The molecule has 0 bridgehead atoms. The summed E-state index contributed by atoms with van der Waals surface area (Å²) in [5, 5.41) is 2.67. The summed E-state index contributed by atoms with van der Waals surface area (Å²) in [7, 11) is 2.87. The van der Waals surface area contributed by atoms with Gasteiger partial charge in [-0.05, 0) is 6.07 Å². The Morgan fingerprint density at radius 1 is 1.11 bits per heavy atom. The number of hydrogen-bond acceptors (Lipinski definition) is 9. The molecule has 1 aliphatic heterocycles. The Hall–Kier alpha value is -4.49. The molecule has 0 aliphatic carbocycles. The van der Waals surface area contributed by atoms with Crippen molar-refractivity contribution in [3.8, 4) is 11.4 Å². The van der Waals surface area contributed by atoms with Crippen LogP contribution in [0.1, 0.15) is 0 Å². The Balaban J connectivity index is 1.31. The number of aromatic nitrogens is 8. The number of hydrogen-bond donors (Lipinski definition) is 1. The number of aryl methyl sites for hydroxylation is 1. The summed E-state index contributed by atoms with van der Waals surface area (Å²) in [6.45, 7) is 0.607. The number of halogens is 1. The lowest BCUT2D eigenvalue weighted by molar-refractivity contribution is -0.116. The fourth-order valence-electron chi connectivity index (χ4n) is 3.85. The van der Waals surface area contributed by atoms with Crippen LogP contribution in [0.2, 0.25) is 0 Å². The second-order valence-electron chi connectivity index (χ2n) is 8.26. The third-order valence-electron chi connectivity index (χ3n) is 5.81. The molecule has 0 aromatic carbocycles. The lowest BCUT2D eigenvalue weighted by Crippen LogP contribution is -2.48. The SMILES string of the molecule is Cn1c(=O)c2c(ncn2CC(=O)Nc2ccnc(-c3cnc(N4CC(CF)C4)nc3)n2)n(C)c1=O. The molecule has 1 amide bonds. The Bertz CT molecular complexity index is 1540. The third kappa shape index (κ3) is 4.02. The molecule has 0 atom stereocenters. The summed E-state index contributed by atoms with van der Waals surface area (Å²) in [6.07, 6.45) is 5.97. The Kier molecular flexibility index (Phi) is 5.55. The number of nitrogens with zero attached hydrogens (tertiary/aromatic N) is 9. The normalized spacial score (nSPS) is 13.7. The van der Waals surface area contributed by atoms with Gasteiger partial charge in [-0.25, -0.2) is 29.7 Å². The van der Waals surface area contributed by atoms with E-state index >= 15 is 0 Å². The van der Waals surface area contributed by atoms with Crippen molar-refractivity contribution < 1.29 is 9.18 Å². The fourth-order valence-corrected chi connectivity index (χ4v) is 3.85. The molecule has 13 nitrogen and oxygen atoms in total. The van der Waals surface area contributed by atoms with E-state index in [1.807, 2.05) is 4.90 Å². The summed E-state index contributed by atoms with van der Waals surface area (Å²) in [5.41, 5.74) is -0.156. The number of carbonyl (C=O) groups is 1. The highest BCUT2D eigenvalue weighted by molar-refractivity contribution is 5.90. The number of carbonyl (C=O) groups excluding carboxylic acids is 1. The number of rotatable bonds is 6. The average molecular weight is 480 g/mol. The summed E-state index contributed by atoms with van der Waals surface area (Å²) in [5.74, 6) is 0.659. The van der Waals surface area contributed by atoms with Crippen LogP contribution >= 0.6 is 0 Å². The van der Waals surface area contributed by atoms with Crippen LogP contribution in [-0.2, 0) is 25.4 Å². The first kappa shape index (κ1) is 22.3. The van der Waals surface area contributed by atoms with Gasteiger partial charge >= 0.3 is 5.69 Å². The zero-order valence-electron chi connectivity index (χ0n) is 18.9. The van der Waals surface area contributed by atoms with E-state index in [-0.39, 0.29) is 36.1 Å². The highest BCUT2D eigenvalue weighted by atomic mass is 19.1. The van der Waals surface area contributed by atoms with Crippen LogP contribution in [0, 0.1) is 5.92 Å². The number of amides is 1. The van der Waals surface area contributed by atoms with Crippen molar-refractivity contribution >= 4 is 28.8 Å². The van der Waals surface area contributed by atoms with Gasteiger partial charge in [0.25, 0.3) is 5.56 Å². The standard InChI is InChI=1S/C21H21FN10O3/c1-29-18-16(19(34)30(2)21(29)35)32(11-26-18)10-15(33)27-14-3-4-23-17(28-14)13-6-24-20(25-7-13)31-8-12(5-22)9-31/h3-4,6-7,11-12H,5,8-10H2,1-2H3,(H,23,27,28,33). The molecule has 5 rings (SSSR count). The molecule has 180 valence electrons. The highest BCUT2D eigenvalue weighted by Crippen LogP contribution is 2.22. The van der Waals surface area contributed by atoms with Gasteiger partial charge in [-0.2, -0.15) is 0 Å². The summed E-state index contributed by atoms with van der Waals surface area (Å²) in [6, 6.07) is 1.53. The zero-order chi connectivity index (χ0) is 24.7. The Labute approximate surface area is 196 Å². The van der Waals surface area contributed by atoms with Gasteiger partial charge in [0.15, 0.2) is 17.0 Å². The second-order valence-corrected chi connectivity index (χ2v) is 8.26. The first-order chi connectivity index (χ1) is 16.9. The predicted octanol–water partition coefficient (Wildman–Crippen LogP) is -0.275. The minimum Gasteiger partial charge on any atom is -0.340 e. The number of anilines is 2. The minimum absolute atomic E-state index is 0.0251. The minimum atomic E-state index is -0.542. The molecule has 35 heavy (non-hydrogen) atoms. The number of nitrogens with one attached hydrogen (secondary N) is 1. The topological polar surface area (TPSA) is 146 Å². The smallest absolute Gasteiger partial charge is 0.332 e. The summed E-state index contributed by atoms with van der Waals surface area (Å²) in [4.78, 5) is 60.5. The van der Waals surface area contributed by atoms with E-state index in [9.17, 15) is 18.8 Å². The van der Waals surface area contributed by atoms with E-state index in [0.29, 0.717) is 30.4 Å². The molecule has 0 radical (unpaired) electrons. The molecule has 4 aromatic rings. The van der Waals surface area contributed by atoms with Crippen LogP contribution in [0.15, 0.2) is 40.6 Å². The van der Waals surface area contributed by atoms with Crippen LogP contribution < -0.4 is 21.5 Å². The molecule has 1 N–H and O–H groups in total. The second kappa shape index (κ2) is 8.70. The van der Waals surface area contributed by atoms with E-state index in [2.05, 4.69) is 30.2 Å². The van der Waals surface area contributed by atoms with Crippen molar-refractivity contribution in [1.82, 2.24) is 38.6 Å². The maximum atomic E-state index is 12.7. The van der Waals surface area contributed by atoms with E-state index < -0.39 is 17.2 Å². The van der Waals surface area contributed by atoms with Crippen molar-refractivity contribution in [1.29, 1.82) is 0 Å². The van der Waals surface area contributed by atoms with Crippen molar-refractivity contribution in [3.05, 3.63) is 51.8 Å². The maximum Gasteiger partial charge on any atom is 0.332 e. The van der Waals surface area contributed by atoms with Crippen molar-refractivity contribution in [2.75, 3.05) is 30.0 Å². The van der Waals surface area contributed by atoms with Crippen molar-refractivity contribution in [2.24, 2.45) is 20.0 Å². The number of alkyl halides is 1. The van der Waals surface area contributed by atoms with Gasteiger partial charge in [-0.3, -0.25) is 23.1 Å². The van der Waals surface area contributed by atoms with Gasteiger partial charge in [0, 0.05) is 51.7 Å². The molecule has 1 saturated heterocycles. The van der Waals surface area contributed by atoms with Gasteiger partial charge in [-0.1, -0.05) is 0 Å². The van der Waals surface area contributed by atoms with Crippen LogP contribution in [0.25, 0.3) is 22.6 Å². The van der Waals surface area contributed by atoms with Crippen LogP contribution in [0.3, 0.4) is 0 Å². The largest absolute Gasteiger partial charge is 0.340 e. The molecule has 1 aliphatic rings. The van der Waals surface area contributed by atoms with Crippen LogP contribution in [0.5, 0.6) is 0 Å². The van der Waals surface area contributed by atoms with Crippen LogP contribution in [0.4, 0.5) is 16.2 Å². The molecule has 4 aromatic heterocycles. The monoisotopic (exact) mass is 480 g/mol. The first-order valence-corrected chi connectivity index (χ1v) is 10.7. The molecular weight excluding hydrogens is 459 g/mol. The van der Waals surface area contributed by atoms with Crippen molar-refractivity contribution in [3.63, 3.8) is 0 Å². The molecule has 1 fully saturated rings. The molecule has 0 unspecified atom stereocenters. The average Bonchev–Trinajstić information content (AvgIpc) is 3.25. The summed E-state index contributed by atoms with van der Waals surface area (Å²) < 4.78 is 16.2. The molecule has 0 saturated carbocycles. The maximum absolute atomic E-state index is 12.7. The predicted molar refractivity (Wildman–Crippen MR) is 124 cm³/mol. The molecule has 14 heteroatoms. The lowest BCUT2D eigenvalue weighted by atomic mass is 10.0.